The van der Waals surface area contributed by atoms with Crippen LogP contribution in [-0.2, 0) is 0 Å². The monoisotopic (exact) mass is 290 g/mol. The second kappa shape index (κ2) is 6.45. The van der Waals surface area contributed by atoms with Crippen LogP contribution < -0.4 is 5.73 Å². The Bertz CT molecular complexity index is 472. The van der Waals surface area contributed by atoms with Crippen molar-refractivity contribution in [3.63, 3.8) is 0 Å². The lowest BCUT2D eigenvalue weighted by atomic mass is 9.77. The molecular formula is C18H27FN2. The van der Waals surface area contributed by atoms with E-state index in [1.54, 1.807) is 12.1 Å². The summed E-state index contributed by atoms with van der Waals surface area (Å²) in [5, 5.41) is 0. The van der Waals surface area contributed by atoms with Gasteiger partial charge in [-0.2, -0.15) is 0 Å². The zero-order chi connectivity index (χ0) is 14.8. The van der Waals surface area contributed by atoms with E-state index in [1.165, 1.54) is 38.5 Å². The van der Waals surface area contributed by atoms with Crippen LogP contribution in [0.2, 0.25) is 0 Å². The fraction of sp³-hybridized carbons (Fsp3) is 0.667. The van der Waals surface area contributed by atoms with Gasteiger partial charge in [-0.15, -0.1) is 0 Å². The number of fused-ring (bicyclic) bond motifs is 1. The van der Waals surface area contributed by atoms with Crippen molar-refractivity contribution in [2.75, 3.05) is 6.54 Å². The molecular weight excluding hydrogens is 263 g/mol. The molecule has 0 radical (unpaired) electrons. The number of hydrogen-bond acceptors (Lipinski definition) is 2. The maximum absolute atomic E-state index is 14.3. The highest BCUT2D eigenvalue weighted by atomic mass is 19.1. The van der Waals surface area contributed by atoms with Crippen LogP contribution in [0.3, 0.4) is 0 Å². The van der Waals surface area contributed by atoms with Gasteiger partial charge in [-0.3, -0.25) is 4.90 Å². The Kier molecular flexibility index (Phi) is 4.60. The molecule has 2 aliphatic rings. The van der Waals surface area contributed by atoms with Gasteiger partial charge in [-0.05, 0) is 51.1 Å². The molecule has 2 fully saturated rings. The van der Waals surface area contributed by atoms with Gasteiger partial charge >= 0.3 is 0 Å². The fourth-order valence-corrected chi connectivity index (χ4v) is 4.49. The molecule has 0 aromatic heterocycles. The molecule has 116 valence electrons. The van der Waals surface area contributed by atoms with Crippen molar-refractivity contribution >= 4 is 0 Å². The van der Waals surface area contributed by atoms with E-state index < -0.39 is 0 Å². The van der Waals surface area contributed by atoms with Gasteiger partial charge in [0.15, 0.2) is 0 Å². The summed E-state index contributed by atoms with van der Waals surface area (Å²) in [6, 6.07) is 7.72. The molecule has 4 unspecified atom stereocenters. The third kappa shape index (κ3) is 3.00. The average molecular weight is 290 g/mol. The second-order valence-corrected chi connectivity index (χ2v) is 6.82. The highest BCUT2D eigenvalue weighted by Crippen LogP contribution is 2.40. The summed E-state index contributed by atoms with van der Waals surface area (Å²) >= 11 is 0. The van der Waals surface area contributed by atoms with Crippen molar-refractivity contribution in [3.8, 4) is 0 Å². The van der Waals surface area contributed by atoms with Gasteiger partial charge in [0.25, 0.3) is 0 Å². The summed E-state index contributed by atoms with van der Waals surface area (Å²) in [5.41, 5.74) is 7.06. The predicted molar refractivity (Wildman–Crippen MR) is 84.5 cm³/mol. The number of hydrogen-bond donors (Lipinski definition) is 1. The number of benzene rings is 1. The highest BCUT2D eigenvalue weighted by Gasteiger charge is 2.38. The first kappa shape index (κ1) is 15.0. The first-order valence-electron chi connectivity index (χ1n) is 8.44. The van der Waals surface area contributed by atoms with E-state index in [0.29, 0.717) is 6.04 Å². The van der Waals surface area contributed by atoms with Crippen molar-refractivity contribution in [2.24, 2.45) is 11.7 Å². The van der Waals surface area contributed by atoms with Gasteiger partial charge in [-0.25, -0.2) is 4.39 Å². The Morgan fingerprint density at radius 3 is 2.62 bits per heavy atom. The van der Waals surface area contributed by atoms with Crippen LogP contribution in [0.5, 0.6) is 0 Å². The number of nitrogens with two attached hydrogens (primary N) is 1. The number of piperidine rings is 1. The minimum absolute atomic E-state index is 0.0112. The van der Waals surface area contributed by atoms with Crippen molar-refractivity contribution < 1.29 is 4.39 Å². The summed E-state index contributed by atoms with van der Waals surface area (Å²) < 4.78 is 14.3. The van der Waals surface area contributed by atoms with Crippen molar-refractivity contribution in [1.82, 2.24) is 4.90 Å². The summed E-state index contributed by atoms with van der Waals surface area (Å²) in [5.74, 6) is 0.679. The Hall–Kier alpha value is -0.930. The molecule has 0 spiro atoms. The van der Waals surface area contributed by atoms with Crippen LogP contribution >= 0.6 is 0 Å². The van der Waals surface area contributed by atoms with Crippen LogP contribution in [0.1, 0.15) is 57.1 Å². The molecule has 1 aromatic carbocycles. The zero-order valence-electron chi connectivity index (χ0n) is 13.0. The predicted octanol–water partition coefficient (Wildman–Crippen LogP) is 3.87. The van der Waals surface area contributed by atoms with E-state index in [4.69, 9.17) is 5.73 Å². The third-order valence-electron chi connectivity index (χ3n) is 5.37. The lowest BCUT2D eigenvalue weighted by Gasteiger charge is -2.49. The summed E-state index contributed by atoms with van der Waals surface area (Å²) in [7, 11) is 0. The number of nitrogens with zero attached hydrogens (tertiary/aromatic N) is 1. The van der Waals surface area contributed by atoms with Crippen molar-refractivity contribution in [2.45, 2.75) is 63.6 Å². The molecule has 3 rings (SSSR count). The minimum Gasteiger partial charge on any atom is -0.326 e. The topological polar surface area (TPSA) is 29.3 Å². The van der Waals surface area contributed by atoms with Crippen molar-refractivity contribution in [1.29, 1.82) is 0 Å². The summed E-state index contributed by atoms with van der Waals surface area (Å²) in [4.78, 5) is 2.52. The van der Waals surface area contributed by atoms with Gasteiger partial charge in [-0.1, -0.05) is 31.0 Å². The second-order valence-electron chi connectivity index (χ2n) is 6.82. The first-order valence-corrected chi connectivity index (χ1v) is 8.44. The van der Waals surface area contributed by atoms with Crippen LogP contribution in [0.4, 0.5) is 4.39 Å². The Morgan fingerprint density at radius 1 is 1.14 bits per heavy atom. The minimum atomic E-state index is -0.113. The molecule has 0 bridgehead atoms. The van der Waals surface area contributed by atoms with E-state index in [9.17, 15) is 4.39 Å². The van der Waals surface area contributed by atoms with E-state index in [2.05, 4.69) is 4.90 Å². The number of likely N-dealkylation sites (tertiary alicyclic amines) is 1. The van der Waals surface area contributed by atoms with E-state index >= 15 is 0 Å². The lowest BCUT2D eigenvalue weighted by molar-refractivity contribution is 0.0167. The maximum atomic E-state index is 14.3. The molecule has 1 heterocycles. The summed E-state index contributed by atoms with van der Waals surface area (Å²) in [6.45, 7) is 3.07. The molecule has 2 nitrogen and oxygen atoms in total. The van der Waals surface area contributed by atoms with Gasteiger partial charge in [0, 0.05) is 17.6 Å². The molecule has 2 N–H and O–H groups in total. The quantitative estimate of drug-likeness (QED) is 0.915. The first-order chi connectivity index (χ1) is 10.2. The molecule has 1 aliphatic heterocycles. The van der Waals surface area contributed by atoms with Crippen LogP contribution in [-0.4, -0.2) is 23.5 Å². The van der Waals surface area contributed by atoms with Gasteiger partial charge in [0.1, 0.15) is 5.82 Å². The SMILES string of the molecule is CC(N)C(c1ccccc1F)N1CCCC2CCCCC21. The van der Waals surface area contributed by atoms with Gasteiger partial charge < -0.3 is 5.73 Å². The van der Waals surface area contributed by atoms with Crippen LogP contribution in [0.15, 0.2) is 24.3 Å². The largest absolute Gasteiger partial charge is 0.326 e. The average Bonchev–Trinajstić information content (AvgIpc) is 2.49. The lowest BCUT2D eigenvalue weighted by Crippen LogP contribution is -2.52. The molecule has 1 aliphatic carbocycles. The number of rotatable bonds is 3. The maximum Gasteiger partial charge on any atom is 0.128 e. The van der Waals surface area contributed by atoms with E-state index in [1.807, 2.05) is 19.1 Å². The molecule has 3 heteroatoms. The molecule has 21 heavy (non-hydrogen) atoms. The van der Waals surface area contributed by atoms with E-state index in [0.717, 1.165) is 18.0 Å². The third-order valence-corrected chi connectivity index (χ3v) is 5.37. The van der Waals surface area contributed by atoms with Gasteiger partial charge in [0.2, 0.25) is 0 Å². The van der Waals surface area contributed by atoms with Gasteiger partial charge in [0.05, 0.1) is 6.04 Å². The molecule has 1 aromatic rings. The fourth-order valence-electron chi connectivity index (χ4n) is 4.49. The van der Waals surface area contributed by atoms with Crippen LogP contribution in [0, 0.1) is 11.7 Å². The molecule has 0 amide bonds. The smallest absolute Gasteiger partial charge is 0.128 e. The van der Waals surface area contributed by atoms with Crippen LogP contribution in [0.25, 0.3) is 0 Å². The standard InChI is InChI=1S/C18H27FN2/c1-13(20)18(15-9-3-4-10-16(15)19)21-12-6-8-14-7-2-5-11-17(14)21/h3-4,9-10,13-14,17-18H,2,5-8,11-12,20H2,1H3. The number of halogens is 1. The Labute approximate surface area is 127 Å². The molecule has 4 atom stereocenters. The van der Waals surface area contributed by atoms with E-state index in [-0.39, 0.29) is 17.9 Å². The normalized spacial score (nSPS) is 29.7. The summed E-state index contributed by atoms with van der Waals surface area (Å²) in [6.07, 6.45) is 7.81. The molecule has 1 saturated carbocycles. The Morgan fingerprint density at radius 2 is 1.86 bits per heavy atom. The van der Waals surface area contributed by atoms with Crippen molar-refractivity contribution in [3.05, 3.63) is 35.6 Å². The Balaban J connectivity index is 1.91. The zero-order valence-corrected chi connectivity index (χ0v) is 13.0. The molecule has 1 saturated heterocycles. The highest BCUT2D eigenvalue weighted by molar-refractivity contribution is 5.23.